The Morgan fingerprint density at radius 1 is 1.19 bits per heavy atom. The first-order chi connectivity index (χ1) is 12.8. The second-order valence-electron chi connectivity index (χ2n) is 8.04. The van der Waals surface area contributed by atoms with Gasteiger partial charge in [-0.1, -0.05) is 45.0 Å². The lowest BCUT2D eigenvalue weighted by Crippen LogP contribution is -2.56. The molecule has 1 aromatic rings. The van der Waals surface area contributed by atoms with E-state index < -0.39 is 18.1 Å². The van der Waals surface area contributed by atoms with Gasteiger partial charge in [0.05, 0.1) is 6.04 Å². The van der Waals surface area contributed by atoms with Crippen LogP contribution in [0.5, 0.6) is 0 Å². The van der Waals surface area contributed by atoms with E-state index in [0.717, 1.165) is 24.0 Å². The number of rotatable bonds is 4. The van der Waals surface area contributed by atoms with Crippen LogP contribution in [0.3, 0.4) is 0 Å². The second-order valence-corrected chi connectivity index (χ2v) is 8.04. The van der Waals surface area contributed by atoms with Crippen LogP contribution in [0.4, 0.5) is 0 Å². The largest absolute Gasteiger partial charge is 0.480 e. The van der Waals surface area contributed by atoms with E-state index in [-0.39, 0.29) is 29.7 Å². The topological polar surface area (TPSA) is 86.7 Å². The summed E-state index contributed by atoms with van der Waals surface area (Å²) in [5, 5.41) is 12.6. The average Bonchev–Trinajstić information content (AvgIpc) is 2.76. The molecule has 0 radical (unpaired) electrons. The van der Waals surface area contributed by atoms with Crippen LogP contribution >= 0.6 is 0 Å². The summed E-state index contributed by atoms with van der Waals surface area (Å²) in [6.07, 6.45) is 2.35. The van der Waals surface area contributed by atoms with Gasteiger partial charge in [0.2, 0.25) is 11.8 Å². The molecule has 1 saturated heterocycles. The third-order valence-corrected chi connectivity index (χ3v) is 6.03. The van der Waals surface area contributed by atoms with Crippen LogP contribution in [0.15, 0.2) is 24.3 Å². The molecule has 2 amide bonds. The first-order valence-electron chi connectivity index (χ1n) is 9.74. The number of carbonyl (C=O) groups excluding carboxylic acids is 2. The number of benzene rings is 1. The predicted octanol–water partition coefficient (Wildman–Crippen LogP) is 2.53. The van der Waals surface area contributed by atoms with Crippen molar-refractivity contribution < 1.29 is 19.5 Å². The zero-order valence-electron chi connectivity index (χ0n) is 16.1. The molecule has 2 heterocycles. The van der Waals surface area contributed by atoms with E-state index in [2.05, 4.69) is 5.32 Å². The van der Waals surface area contributed by atoms with Crippen molar-refractivity contribution in [2.75, 3.05) is 0 Å². The van der Waals surface area contributed by atoms with Crippen molar-refractivity contribution >= 4 is 17.8 Å². The van der Waals surface area contributed by atoms with Crippen molar-refractivity contribution in [2.45, 2.75) is 64.6 Å². The maximum Gasteiger partial charge on any atom is 0.326 e. The van der Waals surface area contributed by atoms with Crippen molar-refractivity contribution in [1.82, 2.24) is 10.2 Å². The molecule has 2 N–H and O–H groups in total. The van der Waals surface area contributed by atoms with Crippen LogP contribution in [0.1, 0.15) is 57.2 Å². The summed E-state index contributed by atoms with van der Waals surface area (Å²) < 4.78 is 0. The lowest BCUT2D eigenvalue weighted by Gasteiger charge is -2.40. The average molecular weight is 372 g/mol. The minimum Gasteiger partial charge on any atom is -0.480 e. The fourth-order valence-corrected chi connectivity index (χ4v) is 4.11. The van der Waals surface area contributed by atoms with Crippen LogP contribution < -0.4 is 5.32 Å². The summed E-state index contributed by atoms with van der Waals surface area (Å²) in [5.74, 6) is -1.49. The van der Waals surface area contributed by atoms with Crippen LogP contribution in [0.25, 0.3) is 0 Å². The van der Waals surface area contributed by atoms with E-state index in [0.29, 0.717) is 12.8 Å². The molecule has 146 valence electrons. The van der Waals surface area contributed by atoms with Gasteiger partial charge in [0.25, 0.3) is 0 Å². The summed E-state index contributed by atoms with van der Waals surface area (Å²) in [7, 11) is 0. The number of nitrogens with one attached hydrogen (secondary N) is 1. The zero-order valence-corrected chi connectivity index (χ0v) is 16.1. The first kappa shape index (κ1) is 19.4. The summed E-state index contributed by atoms with van der Waals surface area (Å²) in [5.41, 5.74) is 2.01. The molecule has 2 aliphatic rings. The minimum atomic E-state index is -0.979. The Labute approximate surface area is 159 Å². The maximum atomic E-state index is 13.3. The molecular weight excluding hydrogens is 344 g/mol. The van der Waals surface area contributed by atoms with Crippen LogP contribution in [-0.2, 0) is 20.8 Å². The quantitative estimate of drug-likeness (QED) is 0.850. The number of amides is 2. The highest BCUT2D eigenvalue weighted by Crippen LogP contribution is 2.39. The van der Waals surface area contributed by atoms with Crippen LogP contribution in [0, 0.1) is 11.8 Å². The molecule has 1 aromatic carbocycles. The Bertz CT molecular complexity index is 745. The van der Waals surface area contributed by atoms with Crippen molar-refractivity contribution in [3.63, 3.8) is 0 Å². The molecular formula is C21H28N2O4. The standard InChI is InChI=1S/C21H28N2O4/c1-12(2)13(3)19(24)22-16-11-14-7-4-5-8-15(14)17-9-6-10-18(21(26)27)23(17)20(16)25/h4-5,7-8,12-13,16-18H,6,9-11H2,1-3H3,(H,22,24)(H,26,27). The number of carboxylic acid groups (broad SMARTS) is 1. The Kier molecular flexibility index (Phi) is 5.53. The number of fused-ring (bicyclic) bond motifs is 3. The highest BCUT2D eigenvalue weighted by Gasteiger charge is 2.44. The molecule has 0 bridgehead atoms. The Morgan fingerprint density at radius 3 is 2.56 bits per heavy atom. The molecule has 6 nitrogen and oxygen atoms in total. The van der Waals surface area contributed by atoms with Crippen molar-refractivity contribution in [3.8, 4) is 0 Å². The minimum absolute atomic E-state index is 0.160. The van der Waals surface area contributed by atoms with Crippen LogP contribution in [-0.4, -0.2) is 39.9 Å². The molecule has 4 unspecified atom stereocenters. The molecule has 2 aliphatic heterocycles. The van der Waals surface area contributed by atoms with Gasteiger partial charge >= 0.3 is 5.97 Å². The summed E-state index contributed by atoms with van der Waals surface area (Å²) in [6.45, 7) is 5.78. The molecule has 0 aromatic heterocycles. The maximum absolute atomic E-state index is 13.3. The SMILES string of the molecule is CC(C)C(C)C(=O)NC1Cc2ccccc2C2CCCC(C(=O)O)N2C1=O. The van der Waals surface area contributed by atoms with E-state index in [1.807, 2.05) is 45.0 Å². The van der Waals surface area contributed by atoms with Gasteiger partial charge < -0.3 is 15.3 Å². The van der Waals surface area contributed by atoms with E-state index >= 15 is 0 Å². The fourth-order valence-electron chi connectivity index (χ4n) is 4.11. The van der Waals surface area contributed by atoms with Gasteiger partial charge in [-0.3, -0.25) is 9.59 Å². The molecule has 27 heavy (non-hydrogen) atoms. The zero-order chi connectivity index (χ0) is 19.7. The van der Waals surface area contributed by atoms with Gasteiger partial charge in [-0.25, -0.2) is 4.79 Å². The van der Waals surface area contributed by atoms with Gasteiger partial charge in [-0.15, -0.1) is 0 Å². The second kappa shape index (κ2) is 7.71. The third-order valence-electron chi connectivity index (χ3n) is 6.03. The Balaban J connectivity index is 1.98. The lowest BCUT2D eigenvalue weighted by molar-refractivity contribution is -0.156. The number of aliphatic carboxylic acids is 1. The van der Waals surface area contributed by atoms with Crippen molar-refractivity contribution in [3.05, 3.63) is 35.4 Å². The highest BCUT2D eigenvalue weighted by atomic mass is 16.4. The molecule has 3 rings (SSSR count). The normalized spacial score (nSPS) is 26.0. The van der Waals surface area contributed by atoms with E-state index in [1.54, 1.807) is 0 Å². The lowest BCUT2D eigenvalue weighted by atomic mass is 9.89. The summed E-state index contributed by atoms with van der Waals surface area (Å²) in [6, 6.07) is 5.98. The number of carboxylic acids is 1. The van der Waals surface area contributed by atoms with Gasteiger partial charge in [-0.2, -0.15) is 0 Å². The summed E-state index contributed by atoms with van der Waals surface area (Å²) in [4.78, 5) is 39.3. The number of nitrogens with zero attached hydrogens (tertiary/aromatic N) is 1. The fraction of sp³-hybridized carbons (Fsp3) is 0.571. The number of hydrogen-bond acceptors (Lipinski definition) is 3. The van der Waals surface area contributed by atoms with Crippen molar-refractivity contribution in [1.29, 1.82) is 0 Å². The smallest absolute Gasteiger partial charge is 0.326 e. The third kappa shape index (κ3) is 3.70. The summed E-state index contributed by atoms with van der Waals surface area (Å²) >= 11 is 0. The van der Waals surface area contributed by atoms with Gasteiger partial charge in [0.1, 0.15) is 12.1 Å². The van der Waals surface area contributed by atoms with Gasteiger partial charge in [-0.05, 0) is 36.3 Å². The molecule has 6 heteroatoms. The molecule has 0 aliphatic carbocycles. The van der Waals surface area contributed by atoms with E-state index in [1.165, 1.54) is 4.90 Å². The molecule has 0 spiro atoms. The van der Waals surface area contributed by atoms with Crippen LogP contribution in [0.2, 0.25) is 0 Å². The van der Waals surface area contributed by atoms with Gasteiger partial charge in [0.15, 0.2) is 0 Å². The van der Waals surface area contributed by atoms with E-state index in [4.69, 9.17) is 0 Å². The van der Waals surface area contributed by atoms with Crippen molar-refractivity contribution in [2.24, 2.45) is 11.8 Å². The predicted molar refractivity (Wildman–Crippen MR) is 101 cm³/mol. The number of carbonyl (C=O) groups is 3. The monoisotopic (exact) mass is 372 g/mol. The van der Waals surface area contributed by atoms with Gasteiger partial charge in [0, 0.05) is 12.3 Å². The Hall–Kier alpha value is -2.37. The molecule has 4 atom stereocenters. The Morgan fingerprint density at radius 2 is 1.89 bits per heavy atom. The number of hydrogen-bond donors (Lipinski definition) is 2. The van der Waals surface area contributed by atoms with E-state index in [9.17, 15) is 19.5 Å². The number of piperidine rings is 1. The molecule has 0 saturated carbocycles. The molecule has 1 fully saturated rings. The highest BCUT2D eigenvalue weighted by molar-refractivity contribution is 5.92. The first-order valence-corrected chi connectivity index (χ1v) is 9.74.